The van der Waals surface area contributed by atoms with Gasteiger partial charge in [0.2, 0.25) is 0 Å². The minimum atomic E-state index is -0.339. The van der Waals surface area contributed by atoms with Crippen LogP contribution in [0.5, 0.6) is 0 Å². The molecule has 0 fully saturated rings. The van der Waals surface area contributed by atoms with Crippen molar-refractivity contribution < 1.29 is 4.39 Å². The Kier molecular flexibility index (Phi) is 3.15. The summed E-state index contributed by atoms with van der Waals surface area (Å²) in [6, 6.07) is 5.65. The third kappa shape index (κ3) is 1.97. The van der Waals surface area contributed by atoms with E-state index >= 15 is 0 Å². The van der Waals surface area contributed by atoms with E-state index in [1.54, 1.807) is 0 Å². The van der Waals surface area contributed by atoms with E-state index in [1.807, 2.05) is 23.1 Å². The maximum Gasteiger partial charge on any atom is 0.107 e. The zero-order valence-corrected chi connectivity index (χ0v) is 9.04. The molecule has 1 aliphatic rings. The summed E-state index contributed by atoms with van der Waals surface area (Å²) in [6.07, 6.45) is 0. The van der Waals surface area contributed by atoms with Crippen molar-refractivity contribution in [1.82, 2.24) is 4.72 Å². The van der Waals surface area contributed by atoms with E-state index in [9.17, 15) is 4.39 Å². The highest BCUT2D eigenvalue weighted by atomic mass is 35.5. The molecule has 0 unspecified atom stereocenters. The van der Waals surface area contributed by atoms with Crippen molar-refractivity contribution in [1.29, 1.82) is 0 Å². The molecule has 0 spiro atoms. The first-order valence-corrected chi connectivity index (χ1v) is 5.51. The van der Waals surface area contributed by atoms with Gasteiger partial charge in [-0.05, 0) is 30.1 Å². The lowest BCUT2D eigenvalue weighted by Gasteiger charge is -2.30. The smallest absolute Gasteiger partial charge is 0.107 e. The molecule has 0 aromatic heterocycles. The summed E-state index contributed by atoms with van der Waals surface area (Å²) in [6.45, 7) is 0.750. The molecule has 1 heterocycles. The van der Waals surface area contributed by atoms with Crippen LogP contribution in [0.15, 0.2) is 23.1 Å². The van der Waals surface area contributed by atoms with Crippen LogP contribution in [0.4, 0.5) is 10.1 Å². The third-order valence-electron chi connectivity index (χ3n) is 2.05. The van der Waals surface area contributed by atoms with Crippen molar-refractivity contribution in [2.75, 3.05) is 24.8 Å². The molecule has 2 rings (SSSR count). The quantitative estimate of drug-likeness (QED) is 0.790. The maximum absolute atomic E-state index is 12.2. The lowest BCUT2D eigenvalue weighted by molar-refractivity contribution is 0.488. The average Bonchev–Trinajstić information content (AvgIpc) is 2.18. The molecule has 1 N–H and O–H groups in total. The fourth-order valence-electron chi connectivity index (χ4n) is 1.41. The first-order chi connectivity index (χ1) is 6.81. The Hall–Kier alpha value is -0.450. The van der Waals surface area contributed by atoms with Gasteiger partial charge >= 0.3 is 0 Å². The lowest BCUT2D eigenvalue weighted by atomic mass is 10.3. The summed E-state index contributed by atoms with van der Waals surface area (Å²) in [5, 5.41) is 0.708. The van der Waals surface area contributed by atoms with E-state index in [4.69, 9.17) is 11.6 Å². The topological polar surface area (TPSA) is 15.3 Å². The molecule has 1 aromatic carbocycles. The molecule has 0 amide bonds. The van der Waals surface area contributed by atoms with E-state index < -0.39 is 0 Å². The molecular formula is C9H10ClFN2S. The number of fused-ring (bicyclic) bond motifs is 1. The van der Waals surface area contributed by atoms with Crippen LogP contribution in [0.25, 0.3) is 0 Å². The molecule has 0 aliphatic carbocycles. The van der Waals surface area contributed by atoms with Gasteiger partial charge in [0.1, 0.15) is 6.67 Å². The molecule has 1 aliphatic heterocycles. The van der Waals surface area contributed by atoms with Crippen LogP contribution in [-0.4, -0.2) is 19.9 Å². The normalized spacial score (nSPS) is 15.4. The molecule has 0 atom stereocenters. The van der Waals surface area contributed by atoms with Gasteiger partial charge in [0.05, 0.1) is 12.4 Å². The Balaban J connectivity index is 2.30. The second kappa shape index (κ2) is 4.38. The number of nitrogens with zero attached hydrogens (tertiary/aromatic N) is 1. The first kappa shape index (κ1) is 10.1. The van der Waals surface area contributed by atoms with Gasteiger partial charge in [-0.2, -0.15) is 0 Å². The molecule has 0 radical (unpaired) electrons. The number of nitrogens with one attached hydrogen (secondary N) is 1. The monoisotopic (exact) mass is 232 g/mol. The predicted molar refractivity (Wildman–Crippen MR) is 58.6 cm³/mol. The average molecular weight is 233 g/mol. The summed E-state index contributed by atoms with van der Waals surface area (Å²) in [4.78, 5) is 3.01. The molecule has 14 heavy (non-hydrogen) atoms. The second-order valence-corrected chi connectivity index (χ2v) is 4.34. The summed E-state index contributed by atoms with van der Waals surface area (Å²) >= 11 is 7.40. The van der Waals surface area contributed by atoms with E-state index in [2.05, 4.69) is 4.72 Å². The van der Waals surface area contributed by atoms with E-state index in [-0.39, 0.29) is 6.67 Å². The third-order valence-corrected chi connectivity index (χ3v) is 3.11. The predicted octanol–water partition coefficient (Wildman–Crippen LogP) is 2.68. The van der Waals surface area contributed by atoms with Crippen LogP contribution in [0, 0.1) is 0 Å². The van der Waals surface area contributed by atoms with Gasteiger partial charge in [-0.1, -0.05) is 11.6 Å². The Morgan fingerprint density at radius 3 is 3.21 bits per heavy atom. The second-order valence-electron chi connectivity index (χ2n) is 2.97. The van der Waals surface area contributed by atoms with Crippen LogP contribution in [0.3, 0.4) is 0 Å². The van der Waals surface area contributed by atoms with Crippen LogP contribution < -0.4 is 9.62 Å². The molecule has 0 saturated carbocycles. The molecule has 76 valence electrons. The van der Waals surface area contributed by atoms with Crippen LogP contribution in [-0.2, 0) is 0 Å². The zero-order valence-electron chi connectivity index (χ0n) is 7.46. The minimum absolute atomic E-state index is 0.339. The molecule has 1 aromatic rings. The van der Waals surface area contributed by atoms with Crippen molar-refractivity contribution in [3.63, 3.8) is 0 Å². The SMILES string of the molecule is FCCN1CNSc2cc(Cl)ccc21. The van der Waals surface area contributed by atoms with Crippen LogP contribution >= 0.6 is 23.5 Å². The number of hydrogen-bond acceptors (Lipinski definition) is 3. The first-order valence-electron chi connectivity index (χ1n) is 4.31. The minimum Gasteiger partial charge on any atom is -0.354 e. The van der Waals surface area contributed by atoms with Gasteiger partial charge in [0.15, 0.2) is 0 Å². The zero-order chi connectivity index (χ0) is 9.97. The molecule has 5 heteroatoms. The van der Waals surface area contributed by atoms with Crippen molar-refractivity contribution in [3.05, 3.63) is 23.2 Å². The van der Waals surface area contributed by atoms with Crippen molar-refractivity contribution in [2.24, 2.45) is 0 Å². The van der Waals surface area contributed by atoms with Crippen LogP contribution in [0.1, 0.15) is 0 Å². The highest BCUT2D eigenvalue weighted by Gasteiger charge is 2.16. The highest BCUT2D eigenvalue weighted by Crippen LogP contribution is 2.33. The molecular weight excluding hydrogens is 223 g/mol. The summed E-state index contributed by atoms with van der Waals surface area (Å²) in [7, 11) is 0. The Bertz CT molecular complexity index is 335. The standard InChI is InChI=1S/C9H10ClFN2S/c10-7-1-2-8-9(5-7)14-12-6-13(8)4-3-11/h1-2,5,12H,3-4,6H2. The lowest BCUT2D eigenvalue weighted by Crippen LogP contribution is -2.36. The van der Waals surface area contributed by atoms with Crippen molar-refractivity contribution in [3.8, 4) is 0 Å². The van der Waals surface area contributed by atoms with Gasteiger partial charge in [0.25, 0.3) is 0 Å². The highest BCUT2D eigenvalue weighted by molar-refractivity contribution is 7.97. The van der Waals surface area contributed by atoms with Gasteiger partial charge in [-0.25, -0.2) is 9.11 Å². The number of rotatable bonds is 2. The van der Waals surface area contributed by atoms with Crippen LogP contribution in [0.2, 0.25) is 5.02 Å². The fourth-order valence-corrected chi connectivity index (χ4v) is 2.51. The summed E-state index contributed by atoms with van der Waals surface area (Å²) in [5.74, 6) is 0. The fraction of sp³-hybridized carbons (Fsp3) is 0.333. The number of hydrogen-bond donors (Lipinski definition) is 1. The van der Waals surface area contributed by atoms with E-state index in [1.165, 1.54) is 11.9 Å². The number of alkyl halides is 1. The van der Waals surface area contributed by atoms with Gasteiger partial charge in [0, 0.05) is 16.5 Å². The van der Waals surface area contributed by atoms with Gasteiger partial charge in [-0.15, -0.1) is 0 Å². The van der Waals surface area contributed by atoms with Crippen molar-refractivity contribution in [2.45, 2.75) is 4.90 Å². The Morgan fingerprint density at radius 2 is 2.43 bits per heavy atom. The number of halogens is 2. The number of benzene rings is 1. The van der Waals surface area contributed by atoms with Gasteiger partial charge < -0.3 is 4.90 Å². The largest absolute Gasteiger partial charge is 0.354 e. The molecule has 0 saturated heterocycles. The van der Waals surface area contributed by atoms with Crippen molar-refractivity contribution >= 4 is 29.2 Å². The molecule has 0 bridgehead atoms. The van der Waals surface area contributed by atoms with E-state index in [0.717, 1.165) is 10.6 Å². The summed E-state index contributed by atoms with van der Waals surface area (Å²) in [5.41, 5.74) is 1.05. The maximum atomic E-state index is 12.2. The van der Waals surface area contributed by atoms with Gasteiger partial charge in [-0.3, -0.25) is 0 Å². The Labute approximate surface area is 91.6 Å². The summed E-state index contributed by atoms with van der Waals surface area (Å²) < 4.78 is 15.4. The Morgan fingerprint density at radius 1 is 1.57 bits per heavy atom. The molecule has 2 nitrogen and oxygen atoms in total. The number of anilines is 1. The van der Waals surface area contributed by atoms with E-state index in [0.29, 0.717) is 18.2 Å².